The Kier molecular flexibility index (Phi) is 681. The Bertz CT molecular complexity index is 378. The molecule has 0 N–H and O–H groups in total. The fourth-order valence-corrected chi connectivity index (χ4v) is 0. The first kappa shape index (κ1) is 85.2. The van der Waals surface area contributed by atoms with Crippen LogP contribution in [0.2, 0.25) is 0 Å². The molecule has 0 aliphatic rings. The first-order valence-electron chi connectivity index (χ1n) is 3.42. The van der Waals surface area contributed by atoms with Gasteiger partial charge in [-0.2, -0.15) is 0 Å². The molecule has 0 heterocycles. The van der Waals surface area contributed by atoms with Crippen LogP contribution < -0.4 is 103 Å². The zero-order valence-electron chi connectivity index (χ0n) is 13.8. The summed E-state index contributed by atoms with van der Waals surface area (Å²) in [4.78, 5) is 0. The van der Waals surface area contributed by atoms with Crippen molar-refractivity contribution in [1.82, 2.24) is 0 Å². The quantitative estimate of drug-likeness (QED) is 0.127. The van der Waals surface area contributed by atoms with Gasteiger partial charge in [0.05, 0.1) is 0 Å². The van der Waals surface area contributed by atoms with Gasteiger partial charge in [0, 0.05) is 0 Å². The molecule has 0 amide bonds. The van der Waals surface area contributed by atoms with Gasteiger partial charge in [0.25, 0.3) is 0 Å². The van der Waals surface area contributed by atoms with E-state index in [-0.39, 0.29) is 164 Å². The number of thiocyanates is 8. The Morgan fingerprint density at radius 1 is 0.276 bits per heavy atom. The Labute approximate surface area is 342 Å². The second-order valence-electron chi connectivity index (χ2n) is 0.730. The van der Waals surface area contributed by atoms with Crippen molar-refractivity contribution in [1.29, 1.82) is 42.1 Å². The second kappa shape index (κ2) is 232. The van der Waals surface area contributed by atoms with Crippen molar-refractivity contribution < 1.29 is 164 Å². The number of rotatable bonds is 0. The summed E-state index contributed by atoms with van der Waals surface area (Å²) < 4.78 is 0. The largest absolute Gasteiger partial charge is 2.00 e. The minimum absolute atomic E-state index is 0. The summed E-state index contributed by atoms with van der Waals surface area (Å²) >= 11 is 29.6. The van der Waals surface area contributed by atoms with E-state index in [1.165, 1.54) is 43.2 Å². The first-order valence-corrected chi connectivity index (χ1v) is 6.69. The number of nitrogens with zero attached hydrogens (tertiary/aromatic N) is 8. The Morgan fingerprint density at radius 3 is 0.276 bits per heavy atom. The van der Waals surface area contributed by atoms with Crippen LogP contribution in [-0.4, -0.2) is 0 Å². The molecule has 0 bridgehead atoms. The summed E-state index contributed by atoms with van der Waals surface area (Å²) in [6.07, 6.45) is 0. The topological polar surface area (TPSA) is 190 Å². The molecule has 0 aliphatic carbocycles. The van der Waals surface area contributed by atoms with E-state index in [0.717, 1.165) is 0 Å². The average molecular weight is 862 g/mol. The third-order valence-corrected chi connectivity index (χ3v) is 0. The van der Waals surface area contributed by atoms with Crippen LogP contribution in [0.1, 0.15) is 0 Å². The maximum absolute atomic E-state index is 7.13. The molecule has 0 atom stereocenters. The van der Waals surface area contributed by atoms with Gasteiger partial charge in [-0.1, -0.05) is 43.2 Å². The van der Waals surface area contributed by atoms with E-state index in [2.05, 4.69) is 101 Å². The van der Waals surface area contributed by atoms with Gasteiger partial charge in [-0.25, -0.2) is 42.1 Å². The Balaban J connectivity index is -0.00000000895. The predicted molar refractivity (Wildman–Crippen MR) is 104 cm³/mol. The van der Waals surface area contributed by atoms with Crippen LogP contribution in [0.15, 0.2) is 0 Å². The average Bonchev–Trinajstić information content (AvgIpc) is 2.45. The normalized spacial score (nSPS) is 1.93. The van der Waals surface area contributed by atoms with E-state index >= 15 is 0 Å². The second-order valence-corrected chi connectivity index (χ2v) is 2.19. The molecule has 0 aliphatic heterocycles. The minimum atomic E-state index is 0. The molecule has 0 aromatic heterocycles. The van der Waals surface area contributed by atoms with E-state index in [0.29, 0.717) is 0 Å². The van der Waals surface area contributed by atoms with Crippen molar-refractivity contribution >= 4 is 101 Å². The number of hydrogen-bond donors (Lipinski definition) is 0. The molecule has 0 aromatic rings. The van der Waals surface area contributed by atoms with Gasteiger partial charge in [0.15, 0.2) is 0 Å². The summed E-state index contributed by atoms with van der Waals surface area (Å²) in [7, 11) is 0. The van der Waals surface area contributed by atoms with Crippen LogP contribution in [0.25, 0.3) is 0 Å². The number of hydrogen-bond acceptors (Lipinski definition) is 16. The summed E-state index contributed by atoms with van der Waals surface area (Å²) in [6, 6.07) is 0. The van der Waals surface area contributed by atoms with Crippen molar-refractivity contribution in [2.75, 3.05) is 0 Å². The van der Waals surface area contributed by atoms with E-state index < -0.39 is 0 Å². The van der Waals surface area contributed by atoms with Crippen LogP contribution >= 0.6 is 0 Å². The molecule has 152 valence electrons. The standard InChI is InChI=1S/8CHNS.2K.3Pd/c8*2-1-3;;;;;/h8*3H;;;;;/q;;;;;;;;2*+1;3*+2/p-8. The van der Waals surface area contributed by atoms with Crippen LogP contribution in [0.3, 0.4) is 0 Å². The van der Waals surface area contributed by atoms with E-state index in [1.807, 2.05) is 0 Å². The van der Waals surface area contributed by atoms with Crippen LogP contribution in [-0.2, 0) is 162 Å². The molecular formula is C8K2N8Pd3S8. The zero-order valence-corrected chi connectivity index (χ0v) is 31.2. The molecule has 0 unspecified atom stereocenters. The Morgan fingerprint density at radius 2 is 0.276 bits per heavy atom. The number of nitriles is 8. The third-order valence-electron chi connectivity index (χ3n) is 0. The van der Waals surface area contributed by atoms with Crippen molar-refractivity contribution in [2.24, 2.45) is 0 Å². The molecular weight excluding hydrogens is 862 g/mol. The van der Waals surface area contributed by atoms with Gasteiger partial charge in [-0.05, 0) is 0 Å². The van der Waals surface area contributed by atoms with Crippen molar-refractivity contribution in [3.05, 3.63) is 0 Å². The maximum atomic E-state index is 7.13. The van der Waals surface area contributed by atoms with Gasteiger partial charge >= 0.3 is 164 Å². The van der Waals surface area contributed by atoms with E-state index in [4.69, 9.17) is 42.1 Å². The minimum Gasteiger partial charge on any atom is -0.696 e. The van der Waals surface area contributed by atoms with Crippen LogP contribution in [0.5, 0.6) is 0 Å². The summed E-state index contributed by atoms with van der Waals surface area (Å²) in [5.41, 5.74) is 0. The third kappa shape index (κ3) is 3000. The van der Waals surface area contributed by atoms with Gasteiger partial charge in [0.2, 0.25) is 0 Å². The molecule has 8 nitrogen and oxygen atoms in total. The monoisotopic (exact) mass is 859 g/mol. The predicted octanol–water partition coefficient (Wildman–Crippen LogP) is -5.88. The zero-order chi connectivity index (χ0) is 21.7. The molecule has 0 spiro atoms. The van der Waals surface area contributed by atoms with Gasteiger partial charge in [0.1, 0.15) is 0 Å². The molecule has 29 heavy (non-hydrogen) atoms. The molecule has 0 saturated heterocycles. The smallest absolute Gasteiger partial charge is 0.696 e. The van der Waals surface area contributed by atoms with Crippen LogP contribution in [0.4, 0.5) is 0 Å². The first-order chi connectivity index (χ1) is 11.3. The van der Waals surface area contributed by atoms with Gasteiger partial charge in [-0.3, -0.25) is 0 Å². The van der Waals surface area contributed by atoms with Crippen molar-refractivity contribution in [3.8, 4) is 43.2 Å². The van der Waals surface area contributed by atoms with Crippen LogP contribution in [0, 0.1) is 85.3 Å². The van der Waals surface area contributed by atoms with E-state index in [1.54, 1.807) is 0 Å². The molecule has 21 heteroatoms. The van der Waals surface area contributed by atoms with Crippen molar-refractivity contribution in [2.45, 2.75) is 0 Å². The molecule has 0 saturated carbocycles. The van der Waals surface area contributed by atoms with Gasteiger partial charge in [-0.15, -0.1) is 0 Å². The molecule has 0 radical (unpaired) electrons. The fraction of sp³-hybridized carbons (Fsp3) is 0. The van der Waals surface area contributed by atoms with Crippen molar-refractivity contribution in [3.63, 3.8) is 0 Å². The summed E-state index contributed by atoms with van der Waals surface area (Å²) in [5.74, 6) is 0. The molecule has 0 rings (SSSR count). The van der Waals surface area contributed by atoms with Gasteiger partial charge < -0.3 is 101 Å². The van der Waals surface area contributed by atoms with E-state index in [9.17, 15) is 0 Å². The molecule has 0 aromatic carbocycles. The molecule has 0 fully saturated rings. The summed E-state index contributed by atoms with van der Waals surface area (Å²) in [6.45, 7) is 0. The fourth-order valence-electron chi connectivity index (χ4n) is 0. The SMILES string of the molecule is N#C[S-].N#C[S-].N#C[S-].N#C[S-].N#C[S-].N#C[S-].N#C[S-].N#C[S-].[K+].[K+].[Pd+2].[Pd+2].[Pd+2]. The summed E-state index contributed by atoms with van der Waals surface area (Å²) in [5, 5.41) is 67.7. The Hall–Kier alpha value is 2.94. The maximum Gasteiger partial charge on any atom is 2.00 e.